The zero-order valence-corrected chi connectivity index (χ0v) is 18.9. The van der Waals surface area contributed by atoms with Crippen molar-refractivity contribution in [3.05, 3.63) is 59.1 Å². The van der Waals surface area contributed by atoms with Crippen molar-refractivity contribution in [2.75, 3.05) is 19.5 Å². The van der Waals surface area contributed by atoms with Crippen LogP contribution in [0.1, 0.15) is 5.01 Å². The molecule has 0 saturated heterocycles. The molecule has 172 valence electrons. The summed E-state index contributed by atoms with van der Waals surface area (Å²) in [6, 6.07) is 12.9. The summed E-state index contributed by atoms with van der Waals surface area (Å²) in [5, 5.41) is 14.5. The number of ether oxygens (including phenoxy) is 3. The van der Waals surface area contributed by atoms with Crippen LogP contribution in [0.5, 0.6) is 17.2 Å². The number of nitrogens with one attached hydrogen (secondary N) is 1. The first kappa shape index (κ1) is 24.2. The predicted octanol–water partition coefficient (Wildman–Crippen LogP) is 6.31. The average molecular weight is 496 g/mol. The van der Waals surface area contributed by atoms with Crippen LogP contribution in [-0.4, -0.2) is 30.9 Å². The number of aromatic nitrogens is 1. The van der Waals surface area contributed by atoms with Crippen LogP contribution in [0.2, 0.25) is 0 Å². The molecule has 0 aliphatic heterocycles. The number of methoxy groups -OCH3 is 2. The van der Waals surface area contributed by atoms with Crippen LogP contribution in [-0.2, 0) is 0 Å². The van der Waals surface area contributed by atoms with Gasteiger partial charge in [-0.05, 0) is 30.3 Å². The molecule has 2 aromatic carbocycles. The molecule has 33 heavy (non-hydrogen) atoms. The van der Waals surface area contributed by atoms with Crippen LogP contribution >= 0.6 is 22.9 Å². The number of benzene rings is 2. The third-order valence-corrected chi connectivity index (χ3v) is 5.42. The Bertz CT molecular complexity index is 1190. The number of rotatable bonds is 9. The SMILES string of the molecule is COc1ccc(-c2csc(/C(C#N)=C/Nc3ccccc3OC(F)(F)C(F)Cl)n2)cc1OC. The molecule has 0 aliphatic carbocycles. The lowest BCUT2D eigenvalue weighted by atomic mass is 10.1. The number of allylic oxidation sites excluding steroid dienone is 1. The van der Waals surface area contributed by atoms with E-state index in [9.17, 15) is 18.4 Å². The Morgan fingerprint density at radius 3 is 2.58 bits per heavy atom. The van der Waals surface area contributed by atoms with E-state index in [1.165, 1.54) is 50.0 Å². The maximum atomic E-state index is 13.6. The van der Waals surface area contributed by atoms with Crippen molar-refractivity contribution < 1.29 is 27.4 Å². The minimum absolute atomic E-state index is 0.0823. The molecule has 0 spiro atoms. The minimum atomic E-state index is -4.23. The topological polar surface area (TPSA) is 76.4 Å². The zero-order chi connectivity index (χ0) is 24.0. The number of anilines is 1. The summed E-state index contributed by atoms with van der Waals surface area (Å²) in [5.74, 6) is 0.755. The molecular weight excluding hydrogens is 479 g/mol. The summed E-state index contributed by atoms with van der Waals surface area (Å²) < 4.78 is 55.0. The van der Waals surface area contributed by atoms with Gasteiger partial charge in [-0.25, -0.2) is 9.37 Å². The number of nitrogens with zero attached hydrogens (tertiary/aromatic N) is 2. The number of alkyl halides is 4. The van der Waals surface area contributed by atoms with E-state index >= 15 is 0 Å². The predicted molar refractivity (Wildman–Crippen MR) is 121 cm³/mol. The summed E-state index contributed by atoms with van der Waals surface area (Å²) >= 11 is 6.07. The normalized spacial score (nSPS) is 12.6. The molecular formula is C22H17ClF3N3O3S. The molecule has 1 atom stereocenters. The highest BCUT2D eigenvalue weighted by Crippen LogP contribution is 2.35. The fourth-order valence-corrected chi connectivity index (χ4v) is 3.52. The van der Waals surface area contributed by atoms with Gasteiger partial charge in [0.15, 0.2) is 11.5 Å². The molecule has 0 aliphatic rings. The molecule has 11 heteroatoms. The van der Waals surface area contributed by atoms with Gasteiger partial charge in [-0.15, -0.1) is 11.3 Å². The van der Waals surface area contributed by atoms with Crippen molar-refractivity contribution in [2.45, 2.75) is 11.7 Å². The smallest absolute Gasteiger partial charge is 0.444 e. The highest BCUT2D eigenvalue weighted by Gasteiger charge is 2.42. The number of hydrogen-bond acceptors (Lipinski definition) is 7. The van der Waals surface area contributed by atoms with E-state index in [1.54, 1.807) is 29.6 Å². The average Bonchev–Trinajstić information content (AvgIpc) is 3.29. The Balaban J connectivity index is 1.84. The van der Waals surface area contributed by atoms with Crippen LogP contribution in [0.3, 0.4) is 0 Å². The highest BCUT2D eigenvalue weighted by molar-refractivity contribution is 7.11. The van der Waals surface area contributed by atoms with Gasteiger partial charge in [-0.3, -0.25) is 0 Å². The van der Waals surface area contributed by atoms with Gasteiger partial charge in [0.25, 0.3) is 5.63 Å². The Morgan fingerprint density at radius 1 is 1.18 bits per heavy atom. The first-order valence-electron chi connectivity index (χ1n) is 9.28. The van der Waals surface area contributed by atoms with E-state index in [2.05, 4.69) is 15.0 Å². The number of halogens is 4. The van der Waals surface area contributed by atoms with Gasteiger partial charge in [-0.1, -0.05) is 23.7 Å². The van der Waals surface area contributed by atoms with Crippen LogP contribution < -0.4 is 19.5 Å². The van der Waals surface area contributed by atoms with E-state index < -0.39 is 11.7 Å². The van der Waals surface area contributed by atoms with Gasteiger partial charge < -0.3 is 19.5 Å². The lowest BCUT2D eigenvalue weighted by molar-refractivity contribution is -0.198. The van der Waals surface area contributed by atoms with Gasteiger partial charge in [-0.2, -0.15) is 14.0 Å². The van der Waals surface area contributed by atoms with Crippen molar-refractivity contribution in [2.24, 2.45) is 0 Å². The molecule has 0 bridgehead atoms. The third-order valence-electron chi connectivity index (χ3n) is 4.29. The summed E-state index contributed by atoms with van der Waals surface area (Å²) in [6.07, 6.45) is -2.93. The van der Waals surface area contributed by atoms with Gasteiger partial charge >= 0.3 is 6.11 Å². The van der Waals surface area contributed by atoms with E-state index in [0.717, 1.165) is 5.56 Å². The molecule has 0 fully saturated rings. The number of nitriles is 1. The van der Waals surface area contributed by atoms with E-state index in [0.29, 0.717) is 22.2 Å². The van der Waals surface area contributed by atoms with Gasteiger partial charge in [0, 0.05) is 17.1 Å². The molecule has 6 nitrogen and oxygen atoms in total. The summed E-state index contributed by atoms with van der Waals surface area (Å²) in [4.78, 5) is 4.47. The zero-order valence-electron chi connectivity index (χ0n) is 17.3. The van der Waals surface area contributed by atoms with Crippen LogP contribution in [0.4, 0.5) is 18.9 Å². The lowest BCUT2D eigenvalue weighted by Gasteiger charge is -2.19. The Morgan fingerprint density at radius 2 is 1.91 bits per heavy atom. The van der Waals surface area contributed by atoms with Crippen LogP contribution in [0.25, 0.3) is 16.8 Å². The Kier molecular flexibility index (Phi) is 7.68. The molecule has 0 radical (unpaired) electrons. The Labute approximate surface area is 196 Å². The fraction of sp³-hybridized carbons (Fsp3) is 0.182. The molecule has 3 rings (SSSR count). The second-order valence-electron chi connectivity index (χ2n) is 6.38. The largest absolute Gasteiger partial charge is 0.493 e. The third kappa shape index (κ3) is 5.69. The van der Waals surface area contributed by atoms with Gasteiger partial charge in [0.2, 0.25) is 0 Å². The molecule has 1 aromatic heterocycles. The maximum Gasteiger partial charge on any atom is 0.444 e. The Hall–Kier alpha value is -3.42. The van der Waals surface area contributed by atoms with Crippen LogP contribution in [0.15, 0.2) is 54.0 Å². The second kappa shape index (κ2) is 10.5. The lowest BCUT2D eigenvalue weighted by Crippen LogP contribution is -2.33. The van der Waals surface area contributed by atoms with E-state index in [1.807, 2.05) is 6.07 Å². The summed E-state index contributed by atoms with van der Waals surface area (Å²) in [7, 11) is 3.06. The van der Waals surface area contributed by atoms with E-state index in [4.69, 9.17) is 21.1 Å². The molecule has 0 amide bonds. The first-order valence-corrected chi connectivity index (χ1v) is 10.6. The van der Waals surface area contributed by atoms with E-state index in [-0.39, 0.29) is 17.0 Å². The van der Waals surface area contributed by atoms with Crippen molar-refractivity contribution in [1.29, 1.82) is 5.26 Å². The fourth-order valence-electron chi connectivity index (χ4n) is 2.68. The standard InChI is InChI=1S/C22H17ClF3N3O3S/c1-30-18-8-7-13(9-19(18)31-2)16-12-33-20(29-16)14(10-27)11-28-15-5-3-4-6-17(15)32-22(25,26)21(23)24/h3-9,11-12,21,28H,1-2H3/b14-11+. The van der Waals surface area contributed by atoms with Gasteiger partial charge in [0.05, 0.1) is 25.6 Å². The quantitative estimate of drug-likeness (QED) is 0.277. The molecule has 1 unspecified atom stereocenters. The highest BCUT2D eigenvalue weighted by atomic mass is 35.5. The monoisotopic (exact) mass is 495 g/mol. The molecule has 3 aromatic rings. The summed E-state index contributed by atoms with van der Waals surface area (Å²) in [5.41, 5.74) is -1.44. The first-order chi connectivity index (χ1) is 15.8. The number of hydrogen-bond donors (Lipinski definition) is 1. The second-order valence-corrected chi connectivity index (χ2v) is 7.62. The van der Waals surface area contributed by atoms with Crippen molar-refractivity contribution in [3.8, 4) is 34.6 Å². The molecule has 1 heterocycles. The number of para-hydroxylation sites is 2. The van der Waals surface area contributed by atoms with Crippen molar-refractivity contribution in [3.63, 3.8) is 0 Å². The van der Waals surface area contributed by atoms with Crippen molar-refractivity contribution >= 4 is 34.2 Å². The summed E-state index contributed by atoms with van der Waals surface area (Å²) in [6.45, 7) is 0. The maximum absolute atomic E-state index is 13.6. The molecule has 0 saturated carbocycles. The van der Waals surface area contributed by atoms with Gasteiger partial charge in [0.1, 0.15) is 22.4 Å². The molecule has 1 N–H and O–H groups in total. The minimum Gasteiger partial charge on any atom is -0.493 e. The van der Waals surface area contributed by atoms with Crippen LogP contribution in [0, 0.1) is 11.3 Å². The van der Waals surface area contributed by atoms with Crippen molar-refractivity contribution in [1.82, 2.24) is 4.98 Å². The number of thiazole rings is 1.